The predicted molar refractivity (Wildman–Crippen MR) is 77.8 cm³/mol. The van der Waals surface area contributed by atoms with Crippen LogP contribution in [0.3, 0.4) is 0 Å². The summed E-state index contributed by atoms with van der Waals surface area (Å²) in [6, 6.07) is 4.11. The maximum absolute atomic E-state index is 11.7. The van der Waals surface area contributed by atoms with Crippen LogP contribution in [0.5, 0.6) is 5.75 Å². The van der Waals surface area contributed by atoms with E-state index in [0.717, 1.165) is 5.56 Å². The first-order valence-corrected chi connectivity index (χ1v) is 6.65. The highest BCUT2D eigenvalue weighted by Gasteiger charge is 2.18. The number of imide groups is 1. The average Bonchev–Trinajstić information content (AvgIpc) is 2.46. The van der Waals surface area contributed by atoms with Crippen molar-refractivity contribution in [2.45, 2.75) is 31.3 Å². The number of rotatable bonds is 7. The van der Waals surface area contributed by atoms with E-state index in [1.807, 2.05) is 0 Å². The third kappa shape index (κ3) is 5.90. The molecule has 0 fully saturated rings. The average molecular weight is 309 g/mol. The van der Waals surface area contributed by atoms with Crippen LogP contribution in [0.25, 0.3) is 0 Å². The first-order chi connectivity index (χ1) is 10.3. The van der Waals surface area contributed by atoms with Gasteiger partial charge >= 0.3 is 5.97 Å². The Bertz CT molecular complexity index is 544. The number of aliphatic carboxylic acids is 1. The molecular weight excluding hydrogens is 290 g/mol. The van der Waals surface area contributed by atoms with Crippen LogP contribution in [0.15, 0.2) is 24.3 Å². The van der Waals surface area contributed by atoms with Crippen molar-refractivity contribution in [3.8, 4) is 5.75 Å². The van der Waals surface area contributed by atoms with Gasteiger partial charge in [0.25, 0.3) is 0 Å². The molecule has 0 saturated carbocycles. The Balaban J connectivity index is 2.41. The zero-order chi connectivity index (χ0) is 16.7. The number of benzene rings is 1. The van der Waals surface area contributed by atoms with Gasteiger partial charge in [0.2, 0.25) is 11.8 Å². The maximum Gasteiger partial charge on any atom is 0.320 e. The molecule has 7 N–H and O–H groups in total. The Labute approximate surface area is 127 Å². The summed E-state index contributed by atoms with van der Waals surface area (Å²) in [7, 11) is 0. The zero-order valence-corrected chi connectivity index (χ0v) is 11.9. The Hall–Kier alpha value is -2.45. The molecule has 0 aliphatic rings. The molecule has 0 spiro atoms. The number of hydrogen-bond donors (Lipinski definition) is 5. The molecule has 22 heavy (non-hydrogen) atoms. The number of aromatic hydroxyl groups is 1. The third-order valence-corrected chi connectivity index (χ3v) is 2.99. The molecule has 1 aromatic carbocycles. The monoisotopic (exact) mass is 309 g/mol. The Morgan fingerprint density at radius 1 is 1.09 bits per heavy atom. The number of phenols is 1. The van der Waals surface area contributed by atoms with E-state index in [0.29, 0.717) is 0 Å². The molecule has 0 aliphatic heterocycles. The fourth-order valence-corrected chi connectivity index (χ4v) is 1.68. The second kappa shape index (κ2) is 8.11. The molecule has 2 atom stereocenters. The fraction of sp³-hybridized carbons (Fsp3) is 0.357. The molecule has 1 aromatic rings. The van der Waals surface area contributed by atoms with Gasteiger partial charge in [-0.2, -0.15) is 0 Å². The SMILES string of the molecule is NC(CCC(=O)NC(=O)C(N)Cc1ccc(O)cc1)C(=O)O. The van der Waals surface area contributed by atoms with Crippen LogP contribution in [-0.2, 0) is 20.8 Å². The summed E-state index contributed by atoms with van der Waals surface area (Å²) in [5, 5.41) is 19.8. The zero-order valence-electron chi connectivity index (χ0n) is 11.9. The largest absolute Gasteiger partial charge is 0.508 e. The van der Waals surface area contributed by atoms with Crippen LogP contribution in [0, 0.1) is 0 Å². The maximum atomic E-state index is 11.7. The number of amides is 2. The number of hydrogen-bond acceptors (Lipinski definition) is 6. The highest BCUT2D eigenvalue weighted by molar-refractivity contribution is 5.97. The van der Waals surface area contributed by atoms with Crippen LogP contribution in [0.4, 0.5) is 0 Å². The minimum atomic E-state index is -1.21. The second-order valence-electron chi connectivity index (χ2n) is 4.87. The van der Waals surface area contributed by atoms with E-state index in [1.165, 1.54) is 12.1 Å². The topological polar surface area (TPSA) is 156 Å². The molecular formula is C14H19N3O5. The number of carboxylic acid groups (broad SMARTS) is 1. The number of carbonyl (C=O) groups excluding carboxylic acids is 2. The summed E-state index contributed by atoms with van der Waals surface area (Å²) in [6.07, 6.45) is -0.0409. The van der Waals surface area contributed by atoms with E-state index in [2.05, 4.69) is 5.32 Å². The summed E-state index contributed by atoms with van der Waals surface area (Å²) in [5.74, 6) is -2.38. The van der Waals surface area contributed by atoms with Crippen LogP contribution in [0.1, 0.15) is 18.4 Å². The third-order valence-electron chi connectivity index (χ3n) is 2.99. The summed E-state index contributed by atoms with van der Waals surface area (Å²) in [5.41, 5.74) is 11.7. The lowest BCUT2D eigenvalue weighted by Gasteiger charge is -2.12. The van der Waals surface area contributed by atoms with Crippen molar-refractivity contribution in [2.75, 3.05) is 0 Å². The first-order valence-electron chi connectivity index (χ1n) is 6.65. The minimum Gasteiger partial charge on any atom is -0.508 e. The lowest BCUT2D eigenvalue weighted by Crippen LogP contribution is -2.45. The molecule has 2 unspecified atom stereocenters. The van der Waals surface area contributed by atoms with E-state index >= 15 is 0 Å². The van der Waals surface area contributed by atoms with Crippen molar-refractivity contribution in [1.29, 1.82) is 0 Å². The number of carbonyl (C=O) groups is 3. The standard InChI is InChI=1S/C14H19N3O5/c15-10(14(21)22)5-6-12(19)17-13(20)11(16)7-8-1-3-9(18)4-2-8/h1-4,10-11,18H,5-7,15-16H2,(H,21,22)(H,17,19,20). The van der Waals surface area contributed by atoms with Crippen molar-refractivity contribution in [3.63, 3.8) is 0 Å². The molecule has 0 saturated heterocycles. The van der Waals surface area contributed by atoms with Crippen LogP contribution < -0.4 is 16.8 Å². The van der Waals surface area contributed by atoms with E-state index < -0.39 is 29.9 Å². The van der Waals surface area contributed by atoms with Gasteiger partial charge in [-0.05, 0) is 30.5 Å². The predicted octanol–water partition coefficient (Wildman–Crippen LogP) is -0.903. The van der Waals surface area contributed by atoms with Gasteiger partial charge in [-0.3, -0.25) is 19.7 Å². The van der Waals surface area contributed by atoms with Gasteiger partial charge in [-0.25, -0.2) is 0 Å². The number of carboxylic acids is 1. The Morgan fingerprint density at radius 3 is 2.23 bits per heavy atom. The van der Waals surface area contributed by atoms with Crippen LogP contribution in [0.2, 0.25) is 0 Å². The molecule has 0 bridgehead atoms. The quantitative estimate of drug-likeness (QED) is 0.437. The Morgan fingerprint density at radius 2 is 1.68 bits per heavy atom. The minimum absolute atomic E-state index is 0.0678. The van der Waals surface area contributed by atoms with Gasteiger partial charge < -0.3 is 21.7 Å². The number of phenolic OH excluding ortho intramolecular Hbond substituents is 1. The second-order valence-corrected chi connectivity index (χ2v) is 4.87. The van der Waals surface area contributed by atoms with Crippen LogP contribution in [-0.4, -0.2) is 40.1 Å². The van der Waals surface area contributed by atoms with Crippen molar-refractivity contribution in [2.24, 2.45) is 11.5 Å². The van der Waals surface area contributed by atoms with Gasteiger partial charge in [-0.15, -0.1) is 0 Å². The van der Waals surface area contributed by atoms with E-state index in [-0.39, 0.29) is 25.0 Å². The molecule has 2 amide bonds. The van der Waals surface area contributed by atoms with Crippen LogP contribution >= 0.6 is 0 Å². The molecule has 120 valence electrons. The van der Waals surface area contributed by atoms with Gasteiger partial charge in [0.1, 0.15) is 11.8 Å². The van der Waals surface area contributed by atoms with E-state index in [9.17, 15) is 14.4 Å². The van der Waals surface area contributed by atoms with E-state index in [1.54, 1.807) is 12.1 Å². The molecule has 0 radical (unpaired) electrons. The van der Waals surface area contributed by atoms with Crippen molar-refractivity contribution < 1.29 is 24.6 Å². The normalized spacial score (nSPS) is 13.2. The number of nitrogens with two attached hydrogens (primary N) is 2. The lowest BCUT2D eigenvalue weighted by atomic mass is 10.1. The number of nitrogens with one attached hydrogen (secondary N) is 1. The molecule has 0 aliphatic carbocycles. The summed E-state index contributed by atoms with van der Waals surface area (Å²) in [4.78, 5) is 33.8. The van der Waals surface area contributed by atoms with Gasteiger partial charge in [0.05, 0.1) is 6.04 Å². The summed E-state index contributed by atoms with van der Waals surface area (Å²) in [6.45, 7) is 0. The molecule has 0 heterocycles. The van der Waals surface area contributed by atoms with Gasteiger partial charge in [0, 0.05) is 6.42 Å². The van der Waals surface area contributed by atoms with Crippen molar-refractivity contribution >= 4 is 17.8 Å². The van der Waals surface area contributed by atoms with Gasteiger partial charge in [-0.1, -0.05) is 12.1 Å². The molecule has 1 rings (SSSR count). The fourth-order valence-electron chi connectivity index (χ4n) is 1.68. The summed E-state index contributed by atoms with van der Waals surface area (Å²) < 4.78 is 0. The van der Waals surface area contributed by atoms with Gasteiger partial charge in [0.15, 0.2) is 0 Å². The van der Waals surface area contributed by atoms with Crippen molar-refractivity contribution in [1.82, 2.24) is 5.32 Å². The summed E-state index contributed by atoms with van der Waals surface area (Å²) >= 11 is 0. The highest BCUT2D eigenvalue weighted by atomic mass is 16.4. The Kier molecular flexibility index (Phi) is 6.48. The molecule has 8 nitrogen and oxygen atoms in total. The highest BCUT2D eigenvalue weighted by Crippen LogP contribution is 2.10. The smallest absolute Gasteiger partial charge is 0.320 e. The first kappa shape index (κ1) is 17.6. The molecule has 8 heteroatoms. The lowest BCUT2D eigenvalue weighted by molar-refractivity contribution is -0.138. The molecule has 0 aromatic heterocycles. The van der Waals surface area contributed by atoms with Crippen molar-refractivity contribution in [3.05, 3.63) is 29.8 Å². The van der Waals surface area contributed by atoms with E-state index in [4.69, 9.17) is 21.7 Å².